The van der Waals surface area contributed by atoms with Gasteiger partial charge in [-0.1, -0.05) is 0 Å². The van der Waals surface area contributed by atoms with Crippen LogP contribution >= 0.6 is 22.6 Å². The van der Waals surface area contributed by atoms with Crippen LogP contribution in [0.1, 0.15) is 0 Å². The summed E-state index contributed by atoms with van der Waals surface area (Å²) in [5.41, 5.74) is 2.80. The van der Waals surface area contributed by atoms with Crippen molar-refractivity contribution in [2.24, 2.45) is 0 Å². The van der Waals surface area contributed by atoms with Crippen molar-refractivity contribution in [3.63, 3.8) is 0 Å². The minimum Gasteiger partial charge on any atom is -0.305 e. The van der Waals surface area contributed by atoms with E-state index in [4.69, 9.17) is 0 Å². The van der Waals surface area contributed by atoms with Crippen molar-refractivity contribution in [2.45, 2.75) is 0 Å². The van der Waals surface area contributed by atoms with Crippen LogP contribution in [0.3, 0.4) is 0 Å². The zero-order valence-electron chi connectivity index (χ0n) is 10.8. The third-order valence-corrected chi connectivity index (χ3v) is 3.78. The molecule has 4 aromatic rings. The van der Waals surface area contributed by atoms with Crippen molar-refractivity contribution in [3.8, 4) is 17.1 Å². The first kappa shape index (κ1) is 12.5. The van der Waals surface area contributed by atoms with Crippen LogP contribution in [0.25, 0.3) is 22.7 Å². The second-order valence-corrected chi connectivity index (χ2v) is 5.76. The molecule has 0 spiro atoms. The quantitative estimate of drug-likeness (QED) is 0.496. The van der Waals surface area contributed by atoms with Crippen LogP contribution in [0.15, 0.2) is 55.5 Å². The summed E-state index contributed by atoms with van der Waals surface area (Å²) in [6.07, 6.45) is 9.10. The number of halogens is 1. The number of nitrogens with zero attached hydrogens (tertiary/aromatic N) is 6. The Labute approximate surface area is 133 Å². The minimum absolute atomic E-state index is 0.780. The molecule has 0 aliphatic rings. The zero-order valence-corrected chi connectivity index (χ0v) is 12.9. The highest BCUT2D eigenvalue weighted by molar-refractivity contribution is 14.1. The molecule has 0 unspecified atom stereocenters. The fourth-order valence-corrected chi connectivity index (χ4v) is 2.59. The van der Waals surface area contributed by atoms with Crippen LogP contribution in [-0.4, -0.2) is 29.1 Å². The van der Waals surface area contributed by atoms with E-state index < -0.39 is 0 Å². The number of imidazole rings is 1. The normalized spacial score (nSPS) is 11.1. The van der Waals surface area contributed by atoms with Crippen LogP contribution in [0.2, 0.25) is 0 Å². The molecule has 0 saturated heterocycles. The van der Waals surface area contributed by atoms with Crippen molar-refractivity contribution in [1.29, 1.82) is 0 Å². The molecule has 0 saturated carbocycles. The Morgan fingerprint density at radius 1 is 0.952 bits per heavy atom. The highest BCUT2D eigenvalue weighted by atomic mass is 127. The van der Waals surface area contributed by atoms with Crippen molar-refractivity contribution < 1.29 is 0 Å². The van der Waals surface area contributed by atoms with Gasteiger partial charge in [-0.3, -0.25) is 4.57 Å². The van der Waals surface area contributed by atoms with E-state index in [0.29, 0.717) is 0 Å². The SMILES string of the molecule is Ic1ccc2nc(-c3ccc(-n4cnnc4)nc3)cn2c1. The molecule has 4 aromatic heterocycles. The highest BCUT2D eigenvalue weighted by Crippen LogP contribution is 2.20. The van der Waals surface area contributed by atoms with Gasteiger partial charge in [-0.2, -0.15) is 0 Å². The molecule has 102 valence electrons. The lowest BCUT2D eigenvalue weighted by molar-refractivity contribution is 0.991. The van der Waals surface area contributed by atoms with Crippen molar-refractivity contribution >= 4 is 28.2 Å². The lowest BCUT2D eigenvalue weighted by atomic mass is 10.2. The summed E-state index contributed by atoms with van der Waals surface area (Å²) in [6, 6.07) is 7.96. The Morgan fingerprint density at radius 3 is 2.57 bits per heavy atom. The maximum Gasteiger partial charge on any atom is 0.139 e. The largest absolute Gasteiger partial charge is 0.305 e. The van der Waals surface area contributed by atoms with Gasteiger partial charge in [0, 0.05) is 27.7 Å². The van der Waals surface area contributed by atoms with E-state index in [2.05, 4.69) is 42.8 Å². The molecular formula is C14H9IN6. The molecule has 6 nitrogen and oxygen atoms in total. The van der Waals surface area contributed by atoms with Gasteiger partial charge in [0.2, 0.25) is 0 Å². The van der Waals surface area contributed by atoms with Crippen molar-refractivity contribution in [1.82, 2.24) is 29.1 Å². The molecular weight excluding hydrogens is 379 g/mol. The van der Waals surface area contributed by atoms with E-state index in [0.717, 1.165) is 22.7 Å². The Bertz CT molecular complexity index is 895. The number of rotatable bonds is 2. The fourth-order valence-electron chi connectivity index (χ4n) is 2.11. The number of aromatic nitrogens is 6. The second-order valence-electron chi connectivity index (χ2n) is 4.51. The van der Waals surface area contributed by atoms with Crippen molar-refractivity contribution in [3.05, 3.63) is 59.1 Å². The predicted octanol–water partition coefficient (Wildman–Crippen LogP) is 2.58. The second kappa shape index (κ2) is 4.92. The maximum absolute atomic E-state index is 4.60. The summed E-state index contributed by atoms with van der Waals surface area (Å²) in [7, 11) is 0. The molecule has 4 heterocycles. The van der Waals surface area contributed by atoms with Gasteiger partial charge in [-0.15, -0.1) is 10.2 Å². The Balaban J connectivity index is 1.74. The summed E-state index contributed by atoms with van der Waals surface area (Å²) >= 11 is 2.29. The maximum atomic E-state index is 4.60. The van der Waals surface area contributed by atoms with Gasteiger partial charge in [0.15, 0.2) is 0 Å². The monoisotopic (exact) mass is 388 g/mol. The molecule has 21 heavy (non-hydrogen) atoms. The molecule has 0 aliphatic carbocycles. The van der Waals surface area contributed by atoms with Gasteiger partial charge in [0.05, 0.1) is 5.69 Å². The minimum atomic E-state index is 0.780. The standard InChI is InChI=1S/C14H9IN6/c15-11-2-4-14-19-12(7-20(14)6-11)10-1-3-13(16-5-10)21-8-17-18-9-21/h1-9H. The number of hydrogen-bond acceptors (Lipinski definition) is 4. The summed E-state index contributed by atoms with van der Waals surface area (Å²) in [4.78, 5) is 9.02. The van der Waals surface area contributed by atoms with Gasteiger partial charge in [0.25, 0.3) is 0 Å². The van der Waals surface area contributed by atoms with E-state index in [1.165, 1.54) is 3.57 Å². The number of pyridine rings is 2. The summed E-state index contributed by atoms with van der Waals surface area (Å²) in [6.45, 7) is 0. The average molecular weight is 388 g/mol. The van der Waals surface area contributed by atoms with E-state index in [9.17, 15) is 0 Å². The molecule has 4 rings (SSSR count). The van der Waals surface area contributed by atoms with Crippen LogP contribution in [-0.2, 0) is 0 Å². The predicted molar refractivity (Wildman–Crippen MR) is 86.1 cm³/mol. The van der Waals surface area contributed by atoms with Gasteiger partial charge in [-0.25, -0.2) is 9.97 Å². The Hall–Kier alpha value is -2.29. The van der Waals surface area contributed by atoms with Gasteiger partial charge >= 0.3 is 0 Å². The topological polar surface area (TPSA) is 60.9 Å². The summed E-state index contributed by atoms with van der Waals surface area (Å²) in [5, 5.41) is 7.55. The molecule has 0 radical (unpaired) electrons. The van der Waals surface area contributed by atoms with Gasteiger partial charge in [0.1, 0.15) is 24.1 Å². The summed E-state index contributed by atoms with van der Waals surface area (Å²) < 4.78 is 4.95. The molecule has 0 amide bonds. The van der Waals surface area contributed by atoms with E-state index >= 15 is 0 Å². The molecule has 0 aromatic carbocycles. The highest BCUT2D eigenvalue weighted by Gasteiger charge is 2.06. The van der Waals surface area contributed by atoms with Crippen molar-refractivity contribution in [2.75, 3.05) is 0 Å². The van der Waals surface area contributed by atoms with Crippen LogP contribution in [0.5, 0.6) is 0 Å². The number of fused-ring (bicyclic) bond motifs is 1. The van der Waals surface area contributed by atoms with Gasteiger partial charge in [-0.05, 0) is 46.9 Å². The van der Waals surface area contributed by atoms with E-state index in [1.807, 2.05) is 47.3 Å². The molecule has 0 atom stereocenters. The van der Waals surface area contributed by atoms with Gasteiger partial charge < -0.3 is 4.40 Å². The van der Waals surface area contributed by atoms with E-state index in [-0.39, 0.29) is 0 Å². The Kier molecular flexibility index (Phi) is 2.92. The fraction of sp³-hybridized carbons (Fsp3) is 0. The summed E-state index contributed by atoms with van der Waals surface area (Å²) in [5.74, 6) is 0.780. The molecule has 0 fully saturated rings. The average Bonchev–Trinajstić information content (AvgIpc) is 3.16. The first-order chi connectivity index (χ1) is 10.3. The lowest BCUT2D eigenvalue weighted by Gasteiger charge is -2.00. The lowest BCUT2D eigenvalue weighted by Crippen LogP contribution is -1.93. The first-order valence-corrected chi connectivity index (χ1v) is 7.33. The third kappa shape index (κ3) is 2.29. The smallest absolute Gasteiger partial charge is 0.139 e. The van der Waals surface area contributed by atoms with Crippen LogP contribution in [0, 0.1) is 3.57 Å². The molecule has 7 heteroatoms. The Morgan fingerprint density at radius 2 is 1.81 bits per heavy atom. The third-order valence-electron chi connectivity index (χ3n) is 3.14. The van der Waals surface area contributed by atoms with E-state index in [1.54, 1.807) is 17.2 Å². The molecule has 0 N–H and O–H groups in total. The molecule has 0 bridgehead atoms. The van der Waals surface area contributed by atoms with Crippen LogP contribution in [0.4, 0.5) is 0 Å². The molecule has 0 aliphatic heterocycles. The van der Waals surface area contributed by atoms with Crippen LogP contribution < -0.4 is 0 Å². The zero-order chi connectivity index (χ0) is 14.2. The first-order valence-electron chi connectivity index (χ1n) is 6.25. The number of hydrogen-bond donors (Lipinski definition) is 0.